The minimum absolute atomic E-state index is 0.168. The standard InChI is InChI=1S/C14H12O3/c15-14(16)11-8-13(11)17-12-7-3-5-9-4-1-2-6-10(9)12/h1-7,11,13H,8H2,(H,15,16)/t11-,13?/m1/s1. The van der Waals surface area contributed by atoms with Gasteiger partial charge in [0.25, 0.3) is 0 Å². The Kier molecular flexibility index (Phi) is 2.25. The number of carbonyl (C=O) groups is 1. The van der Waals surface area contributed by atoms with Gasteiger partial charge >= 0.3 is 5.97 Å². The van der Waals surface area contributed by atoms with Gasteiger partial charge in [-0.15, -0.1) is 0 Å². The van der Waals surface area contributed by atoms with Crippen LogP contribution in [0.1, 0.15) is 6.42 Å². The van der Waals surface area contributed by atoms with Crippen molar-refractivity contribution in [1.29, 1.82) is 0 Å². The van der Waals surface area contributed by atoms with E-state index in [1.807, 2.05) is 42.5 Å². The molecule has 0 saturated heterocycles. The lowest BCUT2D eigenvalue weighted by Crippen LogP contribution is -2.07. The molecule has 1 unspecified atom stereocenters. The van der Waals surface area contributed by atoms with Gasteiger partial charge in [-0.2, -0.15) is 0 Å². The van der Waals surface area contributed by atoms with Crippen molar-refractivity contribution in [3.8, 4) is 5.75 Å². The van der Waals surface area contributed by atoms with Gasteiger partial charge in [-0.25, -0.2) is 0 Å². The van der Waals surface area contributed by atoms with Gasteiger partial charge < -0.3 is 9.84 Å². The largest absolute Gasteiger partial charge is 0.489 e. The summed E-state index contributed by atoms with van der Waals surface area (Å²) in [6, 6.07) is 13.8. The second kappa shape index (κ2) is 3.77. The summed E-state index contributed by atoms with van der Waals surface area (Å²) >= 11 is 0. The molecule has 2 atom stereocenters. The number of benzene rings is 2. The highest BCUT2D eigenvalue weighted by Crippen LogP contribution is 2.37. The van der Waals surface area contributed by atoms with Crippen LogP contribution < -0.4 is 4.74 Å². The first-order chi connectivity index (χ1) is 8.25. The summed E-state index contributed by atoms with van der Waals surface area (Å²) in [6.07, 6.45) is 0.441. The molecule has 2 aromatic carbocycles. The lowest BCUT2D eigenvalue weighted by atomic mass is 10.1. The Morgan fingerprint density at radius 1 is 1.18 bits per heavy atom. The number of aliphatic carboxylic acids is 1. The van der Waals surface area contributed by atoms with E-state index in [9.17, 15) is 4.79 Å². The van der Waals surface area contributed by atoms with Crippen molar-refractivity contribution >= 4 is 16.7 Å². The van der Waals surface area contributed by atoms with Gasteiger partial charge in [-0.3, -0.25) is 4.79 Å². The van der Waals surface area contributed by atoms with Crippen LogP contribution in [0.15, 0.2) is 42.5 Å². The third-order valence-electron chi connectivity index (χ3n) is 3.08. The van der Waals surface area contributed by atoms with Crippen LogP contribution in [0.4, 0.5) is 0 Å². The maximum Gasteiger partial charge on any atom is 0.310 e. The normalized spacial score (nSPS) is 22.4. The van der Waals surface area contributed by atoms with E-state index < -0.39 is 5.97 Å². The molecule has 17 heavy (non-hydrogen) atoms. The van der Waals surface area contributed by atoms with Gasteiger partial charge in [0.05, 0.1) is 5.92 Å². The van der Waals surface area contributed by atoms with E-state index in [4.69, 9.17) is 9.84 Å². The topological polar surface area (TPSA) is 46.5 Å². The highest BCUT2D eigenvalue weighted by Gasteiger charge is 2.45. The first-order valence-corrected chi connectivity index (χ1v) is 5.63. The molecule has 0 bridgehead atoms. The zero-order valence-electron chi connectivity index (χ0n) is 9.17. The second-order valence-corrected chi connectivity index (χ2v) is 4.31. The molecule has 0 aliphatic heterocycles. The monoisotopic (exact) mass is 228 g/mol. The molecule has 0 heterocycles. The summed E-state index contributed by atoms with van der Waals surface area (Å²) < 4.78 is 5.73. The molecule has 3 heteroatoms. The molecule has 1 saturated carbocycles. The Morgan fingerprint density at radius 2 is 1.94 bits per heavy atom. The highest BCUT2D eigenvalue weighted by atomic mass is 16.5. The van der Waals surface area contributed by atoms with E-state index in [1.54, 1.807) is 0 Å². The number of ether oxygens (including phenoxy) is 1. The number of rotatable bonds is 3. The summed E-state index contributed by atoms with van der Waals surface area (Å²) in [5.41, 5.74) is 0. The summed E-state index contributed by atoms with van der Waals surface area (Å²) in [6.45, 7) is 0. The molecule has 86 valence electrons. The number of carboxylic acids is 1. The lowest BCUT2D eigenvalue weighted by molar-refractivity contribution is -0.139. The fraction of sp³-hybridized carbons (Fsp3) is 0.214. The fourth-order valence-corrected chi connectivity index (χ4v) is 2.02. The molecule has 0 aromatic heterocycles. The first-order valence-electron chi connectivity index (χ1n) is 5.63. The quantitative estimate of drug-likeness (QED) is 0.878. The zero-order chi connectivity index (χ0) is 11.8. The van der Waals surface area contributed by atoms with Crippen LogP contribution in [0.5, 0.6) is 5.75 Å². The summed E-state index contributed by atoms with van der Waals surface area (Å²) in [7, 11) is 0. The summed E-state index contributed by atoms with van der Waals surface area (Å²) in [4.78, 5) is 10.7. The minimum Gasteiger partial charge on any atom is -0.489 e. The molecule has 3 nitrogen and oxygen atoms in total. The minimum atomic E-state index is -0.768. The average Bonchev–Trinajstić information content (AvgIpc) is 3.09. The fourth-order valence-electron chi connectivity index (χ4n) is 2.02. The number of hydrogen-bond donors (Lipinski definition) is 1. The number of carboxylic acid groups (broad SMARTS) is 1. The van der Waals surface area contributed by atoms with Gasteiger partial charge in [0, 0.05) is 11.8 Å². The van der Waals surface area contributed by atoms with Crippen molar-refractivity contribution in [3.63, 3.8) is 0 Å². The number of hydrogen-bond acceptors (Lipinski definition) is 2. The van der Waals surface area contributed by atoms with Crippen LogP contribution in [0.25, 0.3) is 10.8 Å². The SMILES string of the molecule is O=C(O)[C@@H]1CC1Oc1cccc2ccccc12. The molecule has 1 fully saturated rings. The molecular weight excluding hydrogens is 216 g/mol. The molecule has 0 amide bonds. The predicted octanol–water partition coefficient (Wildman–Crippen LogP) is 2.69. The first kappa shape index (κ1) is 10.1. The van der Waals surface area contributed by atoms with E-state index in [-0.39, 0.29) is 12.0 Å². The maximum atomic E-state index is 10.7. The van der Waals surface area contributed by atoms with Gasteiger partial charge in [-0.05, 0) is 11.5 Å². The van der Waals surface area contributed by atoms with Crippen molar-refractivity contribution < 1.29 is 14.6 Å². The van der Waals surface area contributed by atoms with Crippen LogP contribution >= 0.6 is 0 Å². The zero-order valence-corrected chi connectivity index (χ0v) is 9.17. The van der Waals surface area contributed by atoms with Crippen LogP contribution in [0.2, 0.25) is 0 Å². The Bertz CT molecular complexity index is 571. The molecular formula is C14H12O3. The Morgan fingerprint density at radius 3 is 2.71 bits per heavy atom. The Labute approximate surface area is 98.6 Å². The highest BCUT2D eigenvalue weighted by molar-refractivity contribution is 5.88. The summed E-state index contributed by atoms with van der Waals surface area (Å²) in [5, 5.41) is 11.0. The van der Waals surface area contributed by atoms with Crippen LogP contribution in [0.3, 0.4) is 0 Å². The molecule has 3 rings (SSSR count). The second-order valence-electron chi connectivity index (χ2n) is 4.31. The predicted molar refractivity (Wildman–Crippen MR) is 64.1 cm³/mol. The average molecular weight is 228 g/mol. The number of fused-ring (bicyclic) bond motifs is 1. The molecule has 0 spiro atoms. The van der Waals surface area contributed by atoms with Gasteiger partial charge in [0.15, 0.2) is 0 Å². The van der Waals surface area contributed by atoms with Crippen molar-refractivity contribution in [1.82, 2.24) is 0 Å². The van der Waals surface area contributed by atoms with Gasteiger partial charge in [0.1, 0.15) is 11.9 Å². The maximum absolute atomic E-state index is 10.7. The third kappa shape index (κ3) is 1.84. The Balaban J connectivity index is 1.89. The van der Waals surface area contributed by atoms with E-state index in [2.05, 4.69) is 0 Å². The van der Waals surface area contributed by atoms with Crippen LogP contribution in [-0.4, -0.2) is 17.2 Å². The van der Waals surface area contributed by atoms with Crippen LogP contribution in [-0.2, 0) is 4.79 Å². The third-order valence-corrected chi connectivity index (χ3v) is 3.08. The van der Waals surface area contributed by atoms with Gasteiger partial charge in [-0.1, -0.05) is 36.4 Å². The van der Waals surface area contributed by atoms with Gasteiger partial charge in [0.2, 0.25) is 0 Å². The molecule has 0 radical (unpaired) electrons. The van der Waals surface area contributed by atoms with Crippen molar-refractivity contribution in [2.45, 2.75) is 12.5 Å². The summed E-state index contributed by atoms with van der Waals surface area (Å²) in [5.74, 6) is -0.332. The Hall–Kier alpha value is -2.03. The molecule has 2 aromatic rings. The van der Waals surface area contributed by atoms with Crippen molar-refractivity contribution in [2.24, 2.45) is 5.92 Å². The smallest absolute Gasteiger partial charge is 0.310 e. The molecule has 1 aliphatic carbocycles. The van der Waals surface area contributed by atoms with Crippen molar-refractivity contribution in [2.75, 3.05) is 0 Å². The van der Waals surface area contributed by atoms with E-state index in [1.165, 1.54) is 0 Å². The van der Waals surface area contributed by atoms with E-state index >= 15 is 0 Å². The molecule has 1 aliphatic rings. The van der Waals surface area contributed by atoms with Crippen LogP contribution in [0, 0.1) is 5.92 Å². The lowest BCUT2D eigenvalue weighted by Gasteiger charge is -2.08. The van der Waals surface area contributed by atoms with E-state index in [0.717, 1.165) is 16.5 Å². The van der Waals surface area contributed by atoms with Crippen molar-refractivity contribution in [3.05, 3.63) is 42.5 Å². The molecule has 1 N–H and O–H groups in total. The van der Waals surface area contributed by atoms with E-state index in [0.29, 0.717) is 6.42 Å².